The minimum Gasteiger partial charge on any atom is -0.110 e. The van der Waals surface area contributed by atoms with Crippen LogP contribution in [-0.2, 0) is 0 Å². The zero-order valence-corrected chi connectivity index (χ0v) is 11.2. The van der Waals surface area contributed by atoms with Gasteiger partial charge in [-0.3, -0.25) is 0 Å². The Morgan fingerprint density at radius 2 is 1.88 bits per heavy atom. The van der Waals surface area contributed by atoms with Crippen LogP contribution >= 0.6 is 9.24 Å². The SMILES string of the molecule is C/C(P)=C\c1ccc2cc(C)ccc2c1C. The van der Waals surface area contributed by atoms with Gasteiger partial charge in [-0.2, -0.15) is 0 Å². The lowest BCUT2D eigenvalue weighted by atomic mass is 9.98. The molecule has 0 amide bonds. The quantitative estimate of drug-likeness (QED) is 0.621. The second-order valence-corrected chi connectivity index (χ2v) is 5.30. The third-order valence-electron chi connectivity index (χ3n) is 2.87. The van der Waals surface area contributed by atoms with Gasteiger partial charge in [-0.1, -0.05) is 47.3 Å². The van der Waals surface area contributed by atoms with Crippen LogP contribution in [-0.4, -0.2) is 0 Å². The lowest BCUT2D eigenvalue weighted by Gasteiger charge is -2.07. The smallest absolute Gasteiger partial charge is 0.0149 e. The maximum atomic E-state index is 2.74. The van der Waals surface area contributed by atoms with Crippen LogP contribution in [0.15, 0.2) is 35.6 Å². The fourth-order valence-electron chi connectivity index (χ4n) is 2.02. The van der Waals surface area contributed by atoms with Crippen molar-refractivity contribution in [2.75, 3.05) is 0 Å². The Labute approximate surface area is 99.6 Å². The summed E-state index contributed by atoms with van der Waals surface area (Å²) in [6.07, 6.45) is 2.21. The molecule has 0 aromatic heterocycles. The Morgan fingerprint density at radius 1 is 1.12 bits per heavy atom. The van der Waals surface area contributed by atoms with Crippen LogP contribution in [0.4, 0.5) is 0 Å². The molecular weight excluding hydrogens is 211 g/mol. The van der Waals surface area contributed by atoms with Gasteiger partial charge in [-0.25, -0.2) is 0 Å². The second kappa shape index (κ2) is 4.39. The van der Waals surface area contributed by atoms with E-state index in [-0.39, 0.29) is 0 Å². The average molecular weight is 228 g/mol. The first kappa shape index (κ1) is 11.4. The van der Waals surface area contributed by atoms with Crippen LogP contribution in [0, 0.1) is 13.8 Å². The number of rotatable bonds is 1. The summed E-state index contributed by atoms with van der Waals surface area (Å²) in [5.74, 6) is 0. The fraction of sp³-hybridized carbons (Fsp3) is 0.200. The number of hydrogen-bond donors (Lipinski definition) is 0. The summed E-state index contributed by atoms with van der Waals surface area (Å²) >= 11 is 0. The van der Waals surface area contributed by atoms with Crippen LogP contribution in [0.2, 0.25) is 0 Å². The van der Waals surface area contributed by atoms with Crippen molar-refractivity contribution in [1.29, 1.82) is 0 Å². The topological polar surface area (TPSA) is 0 Å². The largest absolute Gasteiger partial charge is 0.110 e. The maximum absolute atomic E-state index is 2.74. The predicted octanol–water partition coefficient (Wildman–Crippen LogP) is 4.69. The van der Waals surface area contributed by atoms with Gasteiger partial charge >= 0.3 is 0 Å². The van der Waals surface area contributed by atoms with E-state index >= 15 is 0 Å². The third-order valence-corrected chi connectivity index (χ3v) is 3.04. The monoisotopic (exact) mass is 228 g/mol. The average Bonchev–Trinajstić information content (AvgIpc) is 2.22. The first-order valence-corrected chi connectivity index (χ1v) is 6.09. The molecule has 0 saturated heterocycles. The van der Waals surface area contributed by atoms with E-state index in [1.165, 1.54) is 32.8 Å². The summed E-state index contributed by atoms with van der Waals surface area (Å²) in [6.45, 7) is 6.43. The molecule has 1 heteroatoms. The van der Waals surface area contributed by atoms with Crippen molar-refractivity contribution in [3.63, 3.8) is 0 Å². The Bertz CT molecular complexity index is 561. The van der Waals surface area contributed by atoms with Gasteiger partial charge in [0.1, 0.15) is 0 Å². The lowest BCUT2D eigenvalue weighted by Crippen LogP contribution is -1.85. The summed E-state index contributed by atoms with van der Waals surface area (Å²) in [5.41, 5.74) is 3.99. The van der Waals surface area contributed by atoms with Crippen LogP contribution in [0.25, 0.3) is 16.8 Å². The predicted molar refractivity (Wildman–Crippen MR) is 76.8 cm³/mol. The van der Waals surface area contributed by atoms with Gasteiger partial charge in [-0.15, -0.1) is 9.24 Å². The Morgan fingerprint density at radius 3 is 2.56 bits per heavy atom. The van der Waals surface area contributed by atoms with Gasteiger partial charge in [-0.05, 0) is 42.7 Å². The van der Waals surface area contributed by atoms with Gasteiger partial charge in [0.25, 0.3) is 0 Å². The summed E-state index contributed by atoms with van der Waals surface area (Å²) in [7, 11) is 2.74. The van der Waals surface area contributed by atoms with Crippen molar-refractivity contribution >= 4 is 26.1 Å². The minimum atomic E-state index is 1.26. The van der Waals surface area contributed by atoms with E-state index in [1.807, 2.05) is 0 Å². The highest BCUT2D eigenvalue weighted by molar-refractivity contribution is 7.22. The van der Waals surface area contributed by atoms with E-state index < -0.39 is 0 Å². The Balaban J connectivity index is 2.70. The molecule has 1 atom stereocenters. The Hall–Kier alpha value is -1.13. The summed E-state index contributed by atoms with van der Waals surface area (Å²) in [6, 6.07) is 11.0. The van der Waals surface area contributed by atoms with Crippen LogP contribution in [0.3, 0.4) is 0 Å². The molecule has 0 bridgehead atoms. The standard InChI is InChI=1S/C15H17P/c1-10-4-7-15-12(3)13(9-11(2)16)5-6-14(15)8-10/h4-9H,16H2,1-3H3/b11-9+. The highest BCUT2D eigenvalue weighted by Gasteiger charge is 2.01. The molecule has 0 nitrogen and oxygen atoms in total. The molecule has 16 heavy (non-hydrogen) atoms. The second-order valence-electron chi connectivity index (χ2n) is 4.39. The van der Waals surface area contributed by atoms with Crippen LogP contribution in [0.5, 0.6) is 0 Å². The molecule has 0 heterocycles. The van der Waals surface area contributed by atoms with Crippen molar-refractivity contribution in [3.05, 3.63) is 52.3 Å². The highest BCUT2D eigenvalue weighted by Crippen LogP contribution is 2.25. The number of aryl methyl sites for hydroxylation is 2. The molecule has 0 radical (unpaired) electrons. The number of allylic oxidation sites excluding steroid dienone is 1. The normalized spacial score (nSPS) is 12.1. The molecule has 0 saturated carbocycles. The first-order valence-electron chi connectivity index (χ1n) is 5.51. The molecule has 0 spiro atoms. The molecule has 82 valence electrons. The zero-order chi connectivity index (χ0) is 11.7. The van der Waals surface area contributed by atoms with E-state index in [0.717, 1.165) is 0 Å². The first-order chi connectivity index (χ1) is 7.58. The number of hydrogen-bond acceptors (Lipinski definition) is 0. The van der Waals surface area contributed by atoms with Gasteiger partial charge < -0.3 is 0 Å². The van der Waals surface area contributed by atoms with Crippen molar-refractivity contribution in [2.24, 2.45) is 0 Å². The van der Waals surface area contributed by atoms with Crippen LogP contribution < -0.4 is 0 Å². The zero-order valence-electron chi connectivity index (χ0n) is 10.0. The summed E-state index contributed by atoms with van der Waals surface area (Å²) in [5, 5.41) is 3.94. The molecule has 2 aromatic carbocycles. The van der Waals surface area contributed by atoms with E-state index in [4.69, 9.17) is 0 Å². The molecule has 1 unspecified atom stereocenters. The van der Waals surface area contributed by atoms with Crippen molar-refractivity contribution in [1.82, 2.24) is 0 Å². The molecule has 2 rings (SSSR count). The molecule has 2 aromatic rings. The van der Waals surface area contributed by atoms with Crippen molar-refractivity contribution < 1.29 is 0 Å². The van der Waals surface area contributed by atoms with Crippen LogP contribution in [0.1, 0.15) is 23.6 Å². The molecule has 0 fully saturated rings. The van der Waals surface area contributed by atoms with Gasteiger partial charge in [0.15, 0.2) is 0 Å². The van der Waals surface area contributed by atoms with Gasteiger partial charge in [0.05, 0.1) is 0 Å². The summed E-state index contributed by atoms with van der Waals surface area (Å²) < 4.78 is 0. The third kappa shape index (κ3) is 2.18. The van der Waals surface area contributed by atoms with E-state index in [0.29, 0.717) is 0 Å². The van der Waals surface area contributed by atoms with E-state index in [2.05, 4.69) is 66.4 Å². The molecule has 0 aliphatic carbocycles. The molecular formula is C15H17P. The Kier molecular flexibility index (Phi) is 3.12. The summed E-state index contributed by atoms with van der Waals surface area (Å²) in [4.78, 5) is 0. The molecule has 0 N–H and O–H groups in total. The number of fused-ring (bicyclic) bond motifs is 1. The highest BCUT2D eigenvalue weighted by atomic mass is 31.0. The number of benzene rings is 2. The van der Waals surface area contributed by atoms with Crippen molar-refractivity contribution in [3.8, 4) is 0 Å². The van der Waals surface area contributed by atoms with E-state index in [1.54, 1.807) is 0 Å². The van der Waals surface area contributed by atoms with Gasteiger partial charge in [0, 0.05) is 0 Å². The molecule has 0 aliphatic rings. The molecule has 0 aliphatic heterocycles. The van der Waals surface area contributed by atoms with Crippen molar-refractivity contribution in [2.45, 2.75) is 20.8 Å². The maximum Gasteiger partial charge on any atom is -0.0149 e. The minimum absolute atomic E-state index is 1.26. The van der Waals surface area contributed by atoms with E-state index in [9.17, 15) is 0 Å². The fourth-order valence-corrected chi connectivity index (χ4v) is 2.20. The lowest BCUT2D eigenvalue weighted by molar-refractivity contribution is 1.46. The van der Waals surface area contributed by atoms with Gasteiger partial charge in [0.2, 0.25) is 0 Å².